The van der Waals surface area contributed by atoms with Crippen molar-refractivity contribution < 1.29 is 13.2 Å². The molecule has 0 aliphatic carbocycles. The molecule has 1 aliphatic rings. The molecule has 7 heteroatoms. The van der Waals surface area contributed by atoms with Gasteiger partial charge in [0.2, 0.25) is 10.0 Å². The molecule has 156 valence electrons. The van der Waals surface area contributed by atoms with Crippen molar-refractivity contribution in [1.29, 1.82) is 0 Å². The number of carbonyl (C=O) groups is 1. The third kappa shape index (κ3) is 4.97. The highest BCUT2D eigenvalue weighted by Gasteiger charge is 2.28. The second-order valence-electron chi connectivity index (χ2n) is 7.57. The van der Waals surface area contributed by atoms with Gasteiger partial charge in [0.1, 0.15) is 0 Å². The second kappa shape index (κ2) is 8.97. The second-order valence-corrected chi connectivity index (χ2v) is 9.59. The zero-order valence-electron chi connectivity index (χ0n) is 17.3. The van der Waals surface area contributed by atoms with Crippen LogP contribution in [-0.4, -0.2) is 52.2 Å². The molecule has 0 unspecified atom stereocenters. The molecular formula is C22H29N3O3S. The van der Waals surface area contributed by atoms with Crippen molar-refractivity contribution in [1.82, 2.24) is 10.2 Å². The van der Waals surface area contributed by atoms with Crippen molar-refractivity contribution in [3.8, 4) is 0 Å². The lowest BCUT2D eigenvalue weighted by atomic mass is 10.0. The standard InChI is InChI=1S/C22H29N3O3S/c1-4-17-6-8-18(9-7-17)21(24(2)3)16-23-22(26)19-10-12-20(13-11-19)25-14-5-15-29(25,27)28/h6-13,21H,4-5,14-16H2,1-3H3,(H,23,26)/t21-/m0/s1. The number of anilines is 1. The van der Waals surface area contributed by atoms with Gasteiger partial charge in [-0.1, -0.05) is 31.2 Å². The van der Waals surface area contributed by atoms with Gasteiger partial charge in [-0.15, -0.1) is 0 Å². The number of nitrogens with zero attached hydrogens (tertiary/aromatic N) is 2. The Morgan fingerprint density at radius 1 is 1.10 bits per heavy atom. The number of hydrogen-bond donors (Lipinski definition) is 1. The molecule has 1 atom stereocenters. The Bertz CT molecular complexity index is 938. The molecule has 2 aromatic carbocycles. The summed E-state index contributed by atoms with van der Waals surface area (Å²) in [6.07, 6.45) is 1.63. The largest absolute Gasteiger partial charge is 0.350 e. The molecule has 3 rings (SSSR count). The van der Waals surface area contributed by atoms with Crippen LogP contribution in [-0.2, 0) is 16.4 Å². The van der Waals surface area contributed by atoms with Gasteiger partial charge in [0.05, 0.1) is 17.5 Å². The average molecular weight is 416 g/mol. The van der Waals surface area contributed by atoms with Crippen LogP contribution in [0.15, 0.2) is 48.5 Å². The highest BCUT2D eigenvalue weighted by atomic mass is 32.2. The van der Waals surface area contributed by atoms with E-state index in [-0.39, 0.29) is 17.7 Å². The molecule has 0 aromatic heterocycles. The van der Waals surface area contributed by atoms with Crippen molar-refractivity contribution in [2.45, 2.75) is 25.8 Å². The summed E-state index contributed by atoms with van der Waals surface area (Å²) in [5.74, 6) is 0.0123. The molecule has 29 heavy (non-hydrogen) atoms. The van der Waals surface area contributed by atoms with Gasteiger partial charge in [-0.25, -0.2) is 8.42 Å². The number of nitrogens with one attached hydrogen (secondary N) is 1. The summed E-state index contributed by atoms with van der Waals surface area (Å²) in [7, 11) is 0.779. The molecule has 1 saturated heterocycles. The normalized spacial score (nSPS) is 16.8. The van der Waals surface area contributed by atoms with Gasteiger partial charge in [0.15, 0.2) is 0 Å². The predicted molar refractivity (Wildman–Crippen MR) is 117 cm³/mol. The van der Waals surface area contributed by atoms with Gasteiger partial charge in [0, 0.05) is 18.7 Å². The minimum absolute atomic E-state index is 0.0684. The van der Waals surface area contributed by atoms with E-state index in [0.29, 0.717) is 30.8 Å². The fourth-order valence-corrected chi connectivity index (χ4v) is 5.14. The third-order valence-electron chi connectivity index (χ3n) is 5.37. The van der Waals surface area contributed by atoms with E-state index in [2.05, 4.69) is 41.4 Å². The quantitative estimate of drug-likeness (QED) is 0.755. The number of carbonyl (C=O) groups excluding carboxylic acids is 1. The number of likely N-dealkylation sites (N-methyl/N-ethyl adjacent to an activating group) is 1. The van der Waals surface area contributed by atoms with Gasteiger partial charge in [-0.05, 0) is 62.3 Å². The maximum atomic E-state index is 12.6. The van der Waals surface area contributed by atoms with E-state index < -0.39 is 10.0 Å². The van der Waals surface area contributed by atoms with Crippen LogP contribution in [0.2, 0.25) is 0 Å². The maximum absolute atomic E-state index is 12.6. The Labute approximate surface area is 173 Å². The number of hydrogen-bond acceptors (Lipinski definition) is 4. The van der Waals surface area contributed by atoms with Crippen LogP contribution in [0, 0.1) is 0 Å². The SMILES string of the molecule is CCc1ccc([C@H](CNC(=O)c2ccc(N3CCCS3(=O)=O)cc2)N(C)C)cc1. The summed E-state index contributed by atoms with van der Waals surface area (Å²) in [6.45, 7) is 3.11. The molecule has 1 N–H and O–H groups in total. The summed E-state index contributed by atoms with van der Waals surface area (Å²) in [5.41, 5.74) is 3.57. The first-order chi connectivity index (χ1) is 13.8. The van der Waals surface area contributed by atoms with E-state index in [1.54, 1.807) is 24.3 Å². The lowest BCUT2D eigenvalue weighted by molar-refractivity contribution is 0.0942. The molecule has 1 heterocycles. The summed E-state index contributed by atoms with van der Waals surface area (Å²) >= 11 is 0. The average Bonchev–Trinajstić information content (AvgIpc) is 3.07. The minimum Gasteiger partial charge on any atom is -0.350 e. The lowest BCUT2D eigenvalue weighted by Crippen LogP contribution is -2.34. The fourth-order valence-electron chi connectivity index (χ4n) is 3.57. The number of amides is 1. The first-order valence-corrected chi connectivity index (χ1v) is 11.6. The Kier molecular flexibility index (Phi) is 6.59. The van der Waals surface area contributed by atoms with Crippen LogP contribution >= 0.6 is 0 Å². The van der Waals surface area contributed by atoms with Crippen LogP contribution in [0.1, 0.15) is 40.9 Å². The van der Waals surface area contributed by atoms with E-state index in [1.807, 2.05) is 14.1 Å². The molecule has 1 fully saturated rings. The van der Waals surface area contributed by atoms with E-state index >= 15 is 0 Å². The van der Waals surface area contributed by atoms with Crippen LogP contribution in [0.25, 0.3) is 0 Å². The summed E-state index contributed by atoms with van der Waals surface area (Å²) in [4.78, 5) is 14.7. The Hall–Kier alpha value is -2.38. The molecule has 0 spiro atoms. The van der Waals surface area contributed by atoms with Crippen molar-refractivity contribution in [3.63, 3.8) is 0 Å². The Morgan fingerprint density at radius 3 is 2.28 bits per heavy atom. The van der Waals surface area contributed by atoms with E-state index in [9.17, 15) is 13.2 Å². The first-order valence-electron chi connectivity index (χ1n) is 9.96. The zero-order chi connectivity index (χ0) is 21.0. The van der Waals surface area contributed by atoms with Crippen LogP contribution in [0.3, 0.4) is 0 Å². The van der Waals surface area contributed by atoms with Gasteiger partial charge >= 0.3 is 0 Å². The van der Waals surface area contributed by atoms with Crippen LogP contribution in [0.4, 0.5) is 5.69 Å². The van der Waals surface area contributed by atoms with E-state index in [0.717, 1.165) is 12.0 Å². The van der Waals surface area contributed by atoms with Crippen LogP contribution < -0.4 is 9.62 Å². The smallest absolute Gasteiger partial charge is 0.251 e. The lowest BCUT2D eigenvalue weighted by Gasteiger charge is -2.25. The monoisotopic (exact) mass is 415 g/mol. The number of aryl methyl sites for hydroxylation is 1. The zero-order valence-corrected chi connectivity index (χ0v) is 18.1. The van der Waals surface area contributed by atoms with Crippen molar-refractivity contribution in [2.24, 2.45) is 0 Å². The molecular weight excluding hydrogens is 386 g/mol. The molecule has 1 aliphatic heterocycles. The van der Waals surface area contributed by atoms with E-state index in [1.165, 1.54) is 9.87 Å². The van der Waals surface area contributed by atoms with E-state index in [4.69, 9.17) is 0 Å². The molecule has 6 nitrogen and oxygen atoms in total. The Morgan fingerprint density at radius 2 is 1.76 bits per heavy atom. The number of sulfonamides is 1. The molecule has 1 amide bonds. The van der Waals surface area contributed by atoms with Gasteiger partial charge < -0.3 is 10.2 Å². The number of benzene rings is 2. The first kappa shape index (κ1) is 21.3. The third-order valence-corrected chi connectivity index (χ3v) is 7.24. The molecule has 2 aromatic rings. The number of rotatable bonds is 7. The highest BCUT2D eigenvalue weighted by Crippen LogP contribution is 2.24. The van der Waals surface area contributed by atoms with Gasteiger partial charge in [0.25, 0.3) is 5.91 Å². The van der Waals surface area contributed by atoms with Crippen molar-refractivity contribution >= 4 is 21.6 Å². The van der Waals surface area contributed by atoms with Gasteiger partial charge in [-0.2, -0.15) is 0 Å². The molecule has 0 bridgehead atoms. The van der Waals surface area contributed by atoms with Crippen molar-refractivity contribution in [3.05, 3.63) is 65.2 Å². The maximum Gasteiger partial charge on any atom is 0.251 e. The topological polar surface area (TPSA) is 69.7 Å². The predicted octanol–water partition coefficient (Wildman–Crippen LogP) is 2.82. The highest BCUT2D eigenvalue weighted by molar-refractivity contribution is 7.93. The molecule has 0 saturated carbocycles. The van der Waals surface area contributed by atoms with Crippen molar-refractivity contribution in [2.75, 3.05) is 37.2 Å². The summed E-state index contributed by atoms with van der Waals surface area (Å²) in [6, 6.07) is 15.3. The Balaban J connectivity index is 1.65. The molecule has 0 radical (unpaired) electrons. The van der Waals surface area contributed by atoms with Gasteiger partial charge in [-0.3, -0.25) is 9.10 Å². The summed E-state index contributed by atoms with van der Waals surface area (Å²) in [5, 5.41) is 3.00. The summed E-state index contributed by atoms with van der Waals surface area (Å²) < 4.78 is 25.5. The fraction of sp³-hybridized carbons (Fsp3) is 0.409. The van der Waals surface area contributed by atoms with Crippen LogP contribution in [0.5, 0.6) is 0 Å². The minimum atomic E-state index is -3.21.